The number of ether oxygens (including phenoxy) is 2. The summed E-state index contributed by atoms with van der Waals surface area (Å²) in [7, 11) is 3.15. The van der Waals surface area contributed by atoms with E-state index < -0.39 is 0 Å². The lowest BCUT2D eigenvalue weighted by atomic mass is 10.3. The number of carbonyl (C=O) groups is 1. The van der Waals surface area contributed by atoms with Crippen LogP contribution in [-0.4, -0.2) is 38.1 Å². The quantitative estimate of drug-likeness (QED) is 0.876. The van der Waals surface area contributed by atoms with Gasteiger partial charge in [0.1, 0.15) is 17.2 Å². The van der Waals surface area contributed by atoms with E-state index >= 15 is 0 Å². The predicted octanol–water partition coefficient (Wildman–Crippen LogP) is 3.30. The van der Waals surface area contributed by atoms with Crippen LogP contribution in [0.1, 0.15) is 6.42 Å². The first-order chi connectivity index (χ1) is 12.3. The van der Waals surface area contributed by atoms with Gasteiger partial charge in [0.2, 0.25) is 5.91 Å². The third kappa shape index (κ3) is 9.02. The number of hydrogen-bond donors (Lipinski definition) is 2. The Hall–Kier alpha value is -2.18. The smallest absolute Gasteiger partial charge is 0.229 e. The van der Waals surface area contributed by atoms with Gasteiger partial charge in [0, 0.05) is 6.54 Å². The number of carbonyl (C=O) groups excluding carboxylic acids is 1. The zero-order chi connectivity index (χ0) is 18.3. The van der Waals surface area contributed by atoms with Crippen LogP contribution in [0.4, 0.5) is 0 Å². The topological polar surface area (TPSA) is 73.6 Å². The molecule has 1 aliphatic heterocycles. The molecule has 0 aliphatic carbocycles. The summed E-state index contributed by atoms with van der Waals surface area (Å²) >= 11 is 1.71. The largest absolute Gasteiger partial charge is 0.497 e. The van der Waals surface area contributed by atoms with E-state index in [0.717, 1.165) is 36.0 Å². The molecular formula is C19H26N2O3S. The van der Waals surface area contributed by atoms with Gasteiger partial charge < -0.3 is 20.5 Å². The molecular weight excluding hydrogens is 336 g/mol. The van der Waals surface area contributed by atoms with E-state index in [1.54, 1.807) is 18.9 Å². The van der Waals surface area contributed by atoms with Crippen molar-refractivity contribution in [2.75, 3.05) is 32.2 Å². The van der Waals surface area contributed by atoms with Crippen molar-refractivity contribution >= 4 is 17.7 Å². The maximum absolute atomic E-state index is 10.6. The molecule has 1 heterocycles. The third-order valence-electron chi connectivity index (χ3n) is 3.06. The van der Waals surface area contributed by atoms with E-state index in [1.807, 2.05) is 54.6 Å². The Labute approximate surface area is 153 Å². The van der Waals surface area contributed by atoms with Gasteiger partial charge in [-0.25, -0.2) is 0 Å². The van der Waals surface area contributed by atoms with Crippen molar-refractivity contribution in [3.63, 3.8) is 0 Å². The van der Waals surface area contributed by atoms with Crippen LogP contribution in [0.5, 0.6) is 17.2 Å². The van der Waals surface area contributed by atoms with Gasteiger partial charge in [0.15, 0.2) is 0 Å². The molecule has 25 heavy (non-hydrogen) atoms. The molecule has 0 unspecified atom stereocenters. The number of hydrogen-bond acceptors (Lipinski definition) is 5. The van der Waals surface area contributed by atoms with Crippen molar-refractivity contribution in [2.24, 2.45) is 5.73 Å². The van der Waals surface area contributed by atoms with E-state index in [1.165, 1.54) is 7.05 Å². The molecule has 3 rings (SSSR count). The van der Waals surface area contributed by atoms with E-state index in [9.17, 15) is 4.79 Å². The minimum Gasteiger partial charge on any atom is -0.497 e. The summed E-state index contributed by atoms with van der Waals surface area (Å²) in [5.74, 6) is 4.44. The molecule has 0 atom stereocenters. The lowest BCUT2D eigenvalue weighted by Gasteiger charge is -2.05. The summed E-state index contributed by atoms with van der Waals surface area (Å²) in [5, 5.41) is 2.78. The Balaban J connectivity index is 0.000000264. The highest BCUT2D eigenvalue weighted by Crippen LogP contribution is 2.23. The molecule has 1 saturated heterocycles. The maximum atomic E-state index is 10.6. The van der Waals surface area contributed by atoms with Crippen molar-refractivity contribution in [1.29, 1.82) is 0 Å². The van der Waals surface area contributed by atoms with Gasteiger partial charge in [-0.15, -0.1) is 0 Å². The standard InChI is InChI=1S/C13H12O2.C5H9NOS.CH5N/c1-14-11-7-9-13(10-8-11)15-12-5-3-2-4-6-12;7-5-4-8-3-1-2-6-5;1-2/h2-10H,1H3;1-4H2,(H,6,7);2H2,1H3. The molecule has 0 saturated carbocycles. The molecule has 1 fully saturated rings. The molecule has 2 aromatic carbocycles. The monoisotopic (exact) mass is 362 g/mol. The van der Waals surface area contributed by atoms with Crippen molar-refractivity contribution in [2.45, 2.75) is 6.42 Å². The van der Waals surface area contributed by atoms with Crippen LogP contribution in [0.3, 0.4) is 0 Å². The lowest BCUT2D eigenvalue weighted by molar-refractivity contribution is -0.118. The average molecular weight is 362 g/mol. The fourth-order valence-corrected chi connectivity index (χ4v) is 2.67. The molecule has 6 heteroatoms. The fourth-order valence-electron chi connectivity index (χ4n) is 1.89. The van der Waals surface area contributed by atoms with E-state index in [2.05, 4.69) is 11.1 Å². The molecule has 1 aliphatic rings. The fraction of sp³-hybridized carbons (Fsp3) is 0.316. The number of nitrogens with one attached hydrogen (secondary N) is 1. The second-order valence-electron chi connectivity index (χ2n) is 4.85. The van der Waals surface area contributed by atoms with Gasteiger partial charge in [-0.1, -0.05) is 18.2 Å². The van der Waals surface area contributed by atoms with E-state index in [-0.39, 0.29) is 5.91 Å². The number of rotatable bonds is 3. The Morgan fingerprint density at radius 1 is 0.960 bits per heavy atom. The molecule has 2 aromatic rings. The van der Waals surface area contributed by atoms with Gasteiger partial charge in [-0.3, -0.25) is 4.79 Å². The molecule has 1 amide bonds. The van der Waals surface area contributed by atoms with Crippen LogP contribution < -0.4 is 20.5 Å². The van der Waals surface area contributed by atoms with Crippen molar-refractivity contribution in [3.8, 4) is 17.2 Å². The van der Waals surface area contributed by atoms with Crippen LogP contribution in [-0.2, 0) is 4.79 Å². The number of benzene rings is 2. The van der Waals surface area contributed by atoms with Crippen LogP contribution in [0.2, 0.25) is 0 Å². The molecule has 0 bridgehead atoms. The number of amides is 1. The SMILES string of the molecule is CN.COc1ccc(Oc2ccccc2)cc1.O=C1CSCCCN1. The molecule has 0 spiro atoms. The second-order valence-corrected chi connectivity index (χ2v) is 5.95. The van der Waals surface area contributed by atoms with Crippen LogP contribution in [0, 0.1) is 0 Å². The Bertz CT molecular complexity index is 581. The Morgan fingerprint density at radius 3 is 2.20 bits per heavy atom. The van der Waals surface area contributed by atoms with Crippen LogP contribution in [0.25, 0.3) is 0 Å². The highest BCUT2D eigenvalue weighted by Gasteiger charge is 2.03. The Kier molecular flexibility index (Phi) is 11.0. The highest BCUT2D eigenvalue weighted by atomic mass is 32.2. The summed E-state index contributed by atoms with van der Waals surface area (Å²) in [5.41, 5.74) is 4.50. The molecule has 0 radical (unpaired) electrons. The van der Waals surface area contributed by atoms with Crippen LogP contribution in [0.15, 0.2) is 54.6 Å². The van der Waals surface area contributed by atoms with Crippen LogP contribution >= 0.6 is 11.8 Å². The first kappa shape index (κ1) is 20.9. The van der Waals surface area contributed by atoms with Gasteiger partial charge in [-0.05, 0) is 55.6 Å². The normalized spacial score (nSPS) is 13.0. The molecule has 5 nitrogen and oxygen atoms in total. The zero-order valence-electron chi connectivity index (χ0n) is 14.7. The third-order valence-corrected chi connectivity index (χ3v) is 4.10. The lowest BCUT2D eigenvalue weighted by Crippen LogP contribution is -2.23. The summed E-state index contributed by atoms with van der Waals surface area (Å²) in [6.07, 6.45) is 1.12. The van der Waals surface area contributed by atoms with Crippen molar-refractivity contribution < 1.29 is 14.3 Å². The summed E-state index contributed by atoms with van der Waals surface area (Å²) < 4.78 is 10.7. The minimum absolute atomic E-state index is 0.188. The summed E-state index contributed by atoms with van der Waals surface area (Å²) in [6.45, 7) is 0.867. The van der Waals surface area contributed by atoms with E-state index in [0.29, 0.717) is 5.75 Å². The summed E-state index contributed by atoms with van der Waals surface area (Å²) in [6, 6.07) is 17.2. The van der Waals surface area contributed by atoms with Crippen molar-refractivity contribution in [3.05, 3.63) is 54.6 Å². The molecule has 0 aromatic heterocycles. The summed E-state index contributed by atoms with van der Waals surface area (Å²) in [4.78, 5) is 10.6. The maximum Gasteiger partial charge on any atom is 0.229 e. The average Bonchev–Trinajstić information content (AvgIpc) is 2.93. The zero-order valence-corrected chi connectivity index (χ0v) is 15.6. The first-order valence-corrected chi connectivity index (χ1v) is 9.22. The number of thioether (sulfide) groups is 1. The van der Waals surface area contributed by atoms with E-state index in [4.69, 9.17) is 9.47 Å². The van der Waals surface area contributed by atoms with Gasteiger partial charge in [0.25, 0.3) is 0 Å². The molecule has 136 valence electrons. The number of methoxy groups -OCH3 is 1. The van der Waals surface area contributed by atoms with Gasteiger partial charge in [-0.2, -0.15) is 11.8 Å². The highest BCUT2D eigenvalue weighted by molar-refractivity contribution is 7.99. The molecule has 3 N–H and O–H groups in total. The van der Waals surface area contributed by atoms with Crippen molar-refractivity contribution in [1.82, 2.24) is 5.32 Å². The minimum atomic E-state index is 0.188. The Morgan fingerprint density at radius 2 is 1.56 bits per heavy atom. The second kappa shape index (κ2) is 13.1. The predicted molar refractivity (Wildman–Crippen MR) is 105 cm³/mol. The first-order valence-electron chi connectivity index (χ1n) is 8.07. The number of para-hydroxylation sites is 1. The number of nitrogens with two attached hydrogens (primary N) is 1. The van der Waals surface area contributed by atoms with Gasteiger partial charge in [0.05, 0.1) is 12.9 Å². The van der Waals surface area contributed by atoms with Gasteiger partial charge >= 0.3 is 0 Å².